The topological polar surface area (TPSA) is 31.4 Å². The molecule has 2 heterocycles. The van der Waals surface area contributed by atoms with Gasteiger partial charge in [0.2, 0.25) is 0 Å². The van der Waals surface area contributed by atoms with Gasteiger partial charge in [0, 0.05) is 51.0 Å². The van der Waals surface area contributed by atoms with E-state index in [1.165, 1.54) is 12.1 Å². The third-order valence-corrected chi connectivity index (χ3v) is 3.53. The molecule has 19 heavy (non-hydrogen) atoms. The lowest BCUT2D eigenvalue weighted by Gasteiger charge is -2.36. The average molecular weight is 262 g/mol. The molecule has 1 aliphatic rings. The Kier molecular flexibility index (Phi) is 5.16. The molecule has 0 aromatic carbocycles. The zero-order chi connectivity index (χ0) is 13.7. The van der Waals surface area contributed by atoms with Gasteiger partial charge in [-0.3, -0.25) is 4.90 Å². The normalized spacial score (nSPS) is 17.2. The van der Waals surface area contributed by atoms with Crippen molar-refractivity contribution in [2.75, 3.05) is 44.7 Å². The number of hydrogen-bond acceptors (Lipinski definition) is 4. The molecule has 0 bridgehead atoms. The van der Waals surface area contributed by atoms with Gasteiger partial charge in [-0.1, -0.05) is 19.9 Å². The Morgan fingerprint density at radius 2 is 2.00 bits per heavy atom. The average Bonchev–Trinajstić information content (AvgIpc) is 2.40. The number of aromatic nitrogens is 1. The van der Waals surface area contributed by atoms with Crippen LogP contribution in [-0.4, -0.2) is 49.7 Å². The molecule has 4 heteroatoms. The highest BCUT2D eigenvalue weighted by Gasteiger charge is 2.20. The van der Waals surface area contributed by atoms with Gasteiger partial charge in [0.05, 0.1) is 0 Å². The van der Waals surface area contributed by atoms with Crippen molar-refractivity contribution >= 4 is 5.82 Å². The first kappa shape index (κ1) is 14.3. The molecule has 0 saturated carbocycles. The van der Waals surface area contributed by atoms with Crippen molar-refractivity contribution in [3.63, 3.8) is 0 Å². The molecule has 0 unspecified atom stereocenters. The minimum Gasteiger partial charge on any atom is -0.354 e. The van der Waals surface area contributed by atoms with Crippen molar-refractivity contribution in [1.29, 1.82) is 0 Å². The predicted molar refractivity (Wildman–Crippen MR) is 80.5 cm³/mol. The third-order valence-electron chi connectivity index (χ3n) is 3.53. The zero-order valence-electron chi connectivity index (χ0n) is 12.4. The molecular weight excluding hydrogens is 236 g/mol. The fourth-order valence-electron chi connectivity index (χ4n) is 2.70. The van der Waals surface area contributed by atoms with Gasteiger partial charge in [-0.05, 0) is 19.0 Å². The van der Waals surface area contributed by atoms with Gasteiger partial charge in [-0.25, -0.2) is 4.98 Å². The van der Waals surface area contributed by atoms with Crippen molar-refractivity contribution in [2.24, 2.45) is 5.92 Å². The van der Waals surface area contributed by atoms with E-state index in [2.05, 4.69) is 40.0 Å². The highest BCUT2D eigenvalue weighted by Crippen LogP contribution is 2.19. The Balaban J connectivity index is 1.97. The van der Waals surface area contributed by atoms with Gasteiger partial charge in [0.1, 0.15) is 5.82 Å². The van der Waals surface area contributed by atoms with Crippen molar-refractivity contribution < 1.29 is 0 Å². The Hall–Kier alpha value is -1.13. The molecule has 2 rings (SSSR count). The van der Waals surface area contributed by atoms with Crippen LogP contribution in [0.1, 0.15) is 19.4 Å². The minimum absolute atomic E-state index is 0.751. The molecule has 1 saturated heterocycles. The monoisotopic (exact) mass is 262 g/mol. The van der Waals surface area contributed by atoms with Crippen molar-refractivity contribution in [1.82, 2.24) is 15.2 Å². The van der Waals surface area contributed by atoms with Crippen LogP contribution in [0, 0.1) is 5.92 Å². The third kappa shape index (κ3) is 3.91. The maximum atomic E-state index is 4.57. The minimum atomic E-state index is 0.751. The lowest BCUT2D eigenvalue weighted by Crippen LogP contribution is -2.48. The largest absolute Gasteiger partial charge is 0.354 e. The van der Waals surface area contributed by atoms with E-state index in [0.29, 0.717) is 0 Å². The van der Waals surface area contributed by atoms with Gasteiger partial charge in [-0.15, -0.1) is 0 Å². The number of piperazine rings is 1. The summed E-state index contributed by atoms with van der Waals surface area (Å²) < 4.78 is 0. The number of pyridine rings is 1. The van der Waals surface area contributed by atoms with Crippen molar-refractivity contribution in [3.8, 4) is 0 Å². The number of rotatable bonds is 5. The van der Waals surface area contributed by atoms with Crippen molar-refractivity contribution in [3.05, 3.63) is 23.9 Å². The van der Waals surface area contributed by atoms with Crippen LogP contribution in [-0.2, 0) is 6.54 Å². The summed E-state index contributed by atoms with van der Waals surface area (Å²) in [7, 11) is 1.98. The number of hydrogen-bond donors (Lipinski definition) is 1. The number of nitrogens with one attached hydrogen (secondary N) is 1. The second kappa shape index (κ2) is 6.87. The number of anilines is 1. The van der Waals surface area contributed by atoms with E-state index in [4.69, 9.17) is 0 Å². The molecule has 4 nitrogen and oxygen atoms in total. The molecule has 1 N–H and O–H groups in total. The fraction of sp³-hybridized carbons (Fsp3) is 0.667. The second-order valence-electron chi connectivity index (χ2n) is 5.70. The van der Waals surface area contributed by atoms with E-state index < -0.39 is 0 Å². The Morgan fingerprint density at radius 3 is 2.63 bits per heavy atom. The first-order valence-electron chi connectivity index (χ1n) is 7.26. The van der Waals surface area contributed by atoms with E-state index in [0.717, 1.165) is 44.5 Å². The summed E-state index contributed by atoms with van der Waals surface area (Å²) in [5, 5.41) is 3.22. The van der Waals surface area contributed by atoms with Crippen LogP contribution in [0.4, 0.5) is 5.82 Å². The smallest absolute Gasteiger partial charge is 0.133 e. The first-order valence-corrected chi connectivity index (χ1v) is 7.26. The summed E-state index contributed by atoms with van der Waals surface area (Å²) in [6.07, 6.45) is 1.90. The molecule has 1 aromatic rings. The van der Waals surface area contributed by atoms with E-state index in [1.807, 2.05) is 19.3 Å². The van der Waals surface area contributed by atoms with Crippen LogP contribution in [0.25, 0.3) is 0 Å². The Bertz CT molecular complexity index is 383. The molecule has 1 fully saturated rings. The maximum Gasteiger partial charge on any atom is 0.133 e. The Labute approximate surface area is 116 Å². The summed E-state index contributed by atoms with van der Waals surface area (Å²) in [6.45, 7) is 11.1. The molecule has 1 aliphatic heterocycles. The number of nitrogens with zero attached hydrogens (tertiary/aromatic N) is 3. The molecule has 0 spiro atoms. The lowest BCUT2D eigenvalue weighted by molar-refractivity contribution is 0.231. The highest BCUT2D eigenvalue weighted by molar-refractivity contribution is 5.47. The first-order chi connectivity index (χ1) is 9.20. The molecule has 0 amide bonds. The quantitative estimate of drug-likeness (QED) is 0.873. The van der Waals surface area contributed by atoms with Crippen LogP contribution in [0.5, 0.6) is 0 Å². The fourth-order valence-corrected chi connectivity index (χ4v) is 2.70. The molecule has 1 aromatic heterocycles. The van der Waals surface area contributed by atoms with E-state index in [1.54, 1.807) is 0 Å². The SMILES string of the molecule is CNCc1cccnc1N1CCN(CC(C)C)CC1. The molecular formula is C15H26N4. The standard InChI is InChI=1S/C15H26N4/c1-13(2)12-18-7-9-19(10-8-18)15-14(11-16-3)5-4-6-17-15/h4-6,13,16H,7-12H2,1-3H3. The lowest BCUT2D eigenvalue weighted by atomic mass is 10.1. The summed E-state index contributed by atoms with van der Waals surface area (Å²) in [5.41, 5.74) is 1.29. The highest BCUT2D eigenvalue weighted by atomic mass is 15.3. The summed E-state index contributed by atoms with van der Waals surface area (Å²) >= 11 is 0. The van der Waals surface area contributed by atoms with Gasteiger partial charge >= 0.3 is 0 Å². The maximum absolute atomic E-state index is 4.57. The Morgan fingerprint density at radius 1 is 1.26 bits per heavy atom. The van der Waals surface area contributed by atoms with E-state index >= 15 is 0 Å². The predicted octanol–water partition coefficient (Wildman–Crippen LogP) is 1.58. The molecule has 0 aliphatic carbocycles. The van der Waals surface area contributed by atoms with Gasteiger partial charge in [0.25, 0.3) is 0 Å². The van der Waals surface area contributed by atoms with E-state index in [-0.39, 0.29) is 0 Å². The van der Waals surface area contributed by atoms with E-state index in [9.17, 15) is 0 Å². The van der Waals surface area contributed by atoms with Gasteiger partial charge < -0.3 is 10.2 Å². The van der Waals surface area contributed by atoms with Gasteiger partial charge in [0.15, 0.2) is 0 Å². The molecule has 0 atom stereocenters. The van der Waals surface area contributed by atoms with Crippen LogP contribution in [0.3, 0.4) is 0 Å². The van der Waals surface area contributed by atoms with Crippen LogP contribution >= 0.6 is 0 Å². The summed E-state index contributed by atoms with van der Waals surface area (Å²) in [6, 6.07) is 4.19. The molecule has 0 radical (unpaired) electrons. The molecule has 106 valence electrons. The van der Waals surface area contributed by atoms with Crippen molar-refractivity contribution in [2.45, 2.75) is 20.4 Å². The second-order valence-corrected chi connectivity index (χ2v) is 5.70. The summed E-state index contributed by atoms with van der Waals surface area (Å²) in [4.78, 5) is 9.55. The van der Waals surface area contributed by atoms with Crippen LogP contribution in [0.15, 0.2) is 18.3 Å². The van der Waals surface area contributed by atoms with Crippen LogP contribution < -0.4 is 10.2 Å². The summed E-state index contributed by atoms with van der Waals surface area (Å²) in [5.74, 6) is 1.90. The van der Waals surface area contributed by atoms with Gasteiger partial charge in [-0.2, -0.15) is 0 Å². The van der Waals surface area contributed by atoms with Crippen LogP contribution in [0.2, 0.25) is 0 Å². The zero-order valence-corrected chi connectivity index (χ0v) is 12.4.